The van der Waals surface area contributed by atoms with Crippen molar-refractivity contribution in [1.29, 1.82) is 0 Å². The van der Waals surface area contributed by atoms with E-state index in [2.05, 4.69) is 5.32 Å². The number of carbonyl (C=O) groups excluding carboxylic acids is 1. The van der Waals surface area contributed by atoms with Crippen LogP contribution < -0.4 is 5.32 Å². The molecule has 0 atom stereocenters. The van der Waals surface area contributed by atoms with Gasteiger partial charge in [0.25, 0.3) is 0 Å². The summed E-state index contributed by atoms with van der Waals surface area (Å²) in [4.78, 5) is 11.5. The second-order valence-corrected chi connectivity index (χ2v) is 6.15. The van der Waals surface area contributed by atoms with Crippen LogP contribution in [0.2, 0.25) is 0 Å². The van der Waals surface area contributed by atoms with E-state index in [0.717, 1.165) is 6.42 Å². The van der Waals surface area contributed by atoms with Crippen molar-refractivity contribution in [1.82, 2.24) is 9.62 Å². The molecule has 7 heteroatoms. The van der Waals surface area contributed by atoms with E-state index in [0.29, 0.717) is 19.5 Å². The number of hydrogen-bond acceptors (Lipinski definition) is 3. The Labute approximate surface area is 109 Å². The summed E-state index contributed by atoms with van der Waals surface area (Å²) in [5, 5.41) is 2.66. The number of amides is 1. The second-order valence-electron chi connectivity index (χ2n) is 3.69. The van der Waals surface area contributed by atoms with E-state index in [-0.39, 0.29) is 24.1 Å². The zero-order valence-electron chi connectivity index (χ0n) is 10.4. The molecule has 0 saturated heterocycles. The summed E-state index contributed by atoms with van der Waals surface area (Å²) in [5.41, 5.74) is 0. The van der Waals surface area contributed by atoms with Crippen molar-refractivity contribution in [3.63, 3.8) is 0 Å². The third-order valence-electron chi connectivity index (χ3n) is 2.09. The molecule has 1 N–H and O–H groups in total. The normalized spacial score (nSPS) is 11.8. The second kappa shape index (κ2) is 8.72. The Morgan fingerprint density at radius 3 is 2.41 bits per heavy atom. The average Bonchev–Trinajstić information content (AvgIpc) is 2.25. The highest BCUT2D eigenvalue weighted by atomic mass is 35.5. The molecule has 0 heterocycles. The van der Waals surface area contributed by atoms with Crippen LogP contribution in [0.1, 0.15) is 26.7 Å². The van der Waals surface area contributed by atoms with Gasteiger partial charge in [-0.05, 0) is 12.8 Å². The highest BCUT2D eigenvalue weighted by molar-refractivity contribution is 7.89. The number of sulfonamides is 1. The van der Waals surface area contributed by atoms with Crippen molar-refractivity contribution in [2.24, 2.45) is 0 Å². The predicted molar refractivity (Wildman–Crippen MR) is 69.7 cm³/mol. The Morgan fingerprint density at radius 2 is 1.94 bits per heavy atom. The molecule has 0 radical (unpaired) electrons. The molecule has 102 valence electrons. The first kappa shape index (κ1) is 16.7. The van der Waals surface area contributed by atoms with Gasteiger partial charge in [0.15, 0.2) is 0 Å². The van der Waals surface area contributed by atoms with Crippen molar-refractivity contribution in [2.45, 2.75) is 26.7 Å². The van der Waals surface area contributed by atoms with E-state index in [1.807, 2.05) is 13.8 Å². The minimum atomic E-state index is -3.41. The van der Waals surface area contributed by atoms with Gasteiger partial charge < -0.3 is 5.32 Å². The summed E-state index contributed by atoms with van der Waals surface area (Å²) in [7, 11) is -3.41. The van der Waals surface area contributed by atoms with Gasteiger partial charge in [-0.15, -0.1) is 11.6 Å². The lowest BCUT2D eigenvalue weighted by Crippen LogP contribution is -2.42. The lowest BCUT2D eigenvalue weighted by atomic mass is 10.4. The van der Waals surface area contributed by atoms with Crippen LogP contribution in [0.5, 0.6) is 0 Å². The summed E-state index contributed by atoms with van der Waals surface area (Å²) >= 11 is 5.44. The molecule has 1 amide bonds. The van der Waals surface area contributed by atoms with Crippen LogP contribution >= 0.6 is 11.6 Å². The van der Waals surface area contributed by atoms with E-state index >= 15 is 0 Å². The Hall–Kier alpha value is -0.330. The molecule has 5 nitrogen and oxygen atoms in total. The van der Waals surface area contributed by atoms with Crippen LogP contribution in [0, 0.1) is 0 Å². The number of hydrogen-bond donors (Lipinski definition) is 1. The van der Waals surface area contributed by atoms with Gasteiger partial charge in [0.05, 0.1) is 12.3 Å². The Kier molecular flexibility index (Phi) is 8.55. The maximum Gasteiger partial charge on any atom is 0.235 e. The molecular weight excluding hydrogens is 264 g/mol. The highest BCUT2D eigenvalue weighted by Crippen LogP contribution is 2.03. The molecule has 0 saturated carbocycles. The van der Waals surface area contributed by atoms with Crippen molar-refractivity contribution in [2.75, 3.05) is 31.3 Å². The van der Waals surface area contributed by atoms with Crippen LogP contribution in [0.3, 0.4) is 0 Å². The van der Waals surface area contributed by atoms with Gasteiger partial charge in [-0.1, -0.05) is 13.8 Å². The molecule has 17 heavy (non-hydrogen) atoms. The fourth-order valence-electron chi connectivity index (χ4n) is 1.27. The number of nitrogens with one attached hydrogen (secondary N) is 1. The lowest BCUT2D eigenvalue weighted by molar-refractivity contribution is -0.121. The maximum absolute atomic E-state index is 11.8. The number of halogens is 1. The Morgan fingerprint density at radius 1 is 1.29 bits per heavy atom. The van der Waals surface area contributed by atoms with Gasteiger partial charge >= 0.3 is 0 Å². The van der Waals surface area contributed by atoms with E-state index in [4.69, 9.17) is 11.6 Å². The smallest absolute Gasteiger partial charge is 0.235 e. The van der Waals surface area contributed by atoms with Gasteiger partial charge in [-0.3, -0.25) is 4.79 Å². The number of alkyl halides is 1. The van der Waals surface area contributed by atoms with E-state index < -0.39 is 10.0 Å². The summed E-state index contributed by atoms with van der Waals surface area (Å²) in [6.07, 6.45) is 1.50. The molecule has 0 spiro atoms. The SMILES string of the molecule is CCCNC(=O)CN(CCC)S(=O)(=O)CCCl. The van der Waals surface area contributed by atoms with Gasteiger partial charge in [0, 0.05) is 19.0 Å². The fourth-order valence-corrected chi connectivity index (χ4v) is 3.09. The molecule has 0 aromatic rings. The zero-order valence-corrected chi connectivity index (χ0v) is 12.0. The third kappa shape index (κ3) is 6.85. The largest absolute Gasteiger partial charge is 0.355 e. The molecule has 0 fully saturated rings. The van der Waals surface area contributed by atoms with Gasteiger partial charge in [0.2, 0.25) is 15.9 Å². The summed E-state index contributed by atoms with van der Waals surface area (Å²) in [6, 6.07) is 0. The highest BCUT2D eigenvalue weighted by Gasteiger charge is 2.22. The summed E-state index contributed by atoms with van der Waals surface area (Å²) in [5.74, 6) is -0.354. The van der Waals surface area contributed by atoms with Crippen molar-refractivity contribution < 1.29 is 13.2 Å². The molecule has 0 bridgehead atoms. The fraction of sp³-hybridized carbons (Fsp3) is 0.900. The van der Waals surface area contributed by atoms with Gasteiger partial charge in [0.1, 0.15) is 0 Å². The first-order chi connectivity index (χ1) is 7.97. The first-order valence-electron chi connectivity index (χ1n) is 5.78. The van der Waals surface area contributed by atoms with Crippen LogP contribution in [-0.2, 0) is 14.8 Å². The third-order valence-corrected chi connectivity index (χ3v) is 4.33. The number of rotatable bonds is 9. The van der Waals surface area contributed by atoms with Crippen LogP contribution in [0.4, 0.5) is 0 Å². The van der Waals surface area contributed by atoms with Gasteiger partial charge in [-0.2, -0.15) is 4.31 Å². The number of nitrogens with zero attached hydrogens (tertiary/aromatic N) is 1. The standard InChI is InChI=1S/C10H21ClN2O3S/c1-3-6-12-10(14)9-13(7-4-2)17(15,16)8-5-11/h3-9H2,1-2H3,(H,12,14). The molecule has 0 aliphatic rings. The minimum absolute atomic E-state index is 0.0408. The van der Waals surface area contributed by atoms with Gasteiger partial charge in [-0.25, -0.2) is 8.42 Å². The Bertz CT molecular complexity index is 320. The van der Waals surface area contributed by atoms with Crippen LogP contribution in [0.15, 0.2) is 0 Å². The topological polar surface area (TPSA) is 66.5 Å². The maximum atomic E-state index is 11.8. The molecule has 0 aliphatic carbocycles. The first-order valence-corrected chi connectivity index (χ1v) is 7.92. The summed E-state index contributed by atoms with van der Waals surface area (Å²) < 4.78 is 24.8. The van der Waals surface area contributed by atoms with E-state index in [9.17, 15) is 13.2 Å². The summed E-state index contributed by atoms with van der Waals surface area (Å²) in [6.45, 7) is 4.60. The minimum Gasteiger partial charge on any atom is -0.355 e. The van der Waals surface area contributed by atoms with Crippen molar-refractivity contribution in [3.8, 4) is 0 Å². The monoisotopic (exact) mass is 284 g/mol. The van der Waals surface area contributed by atoms with Crippen molar-refractivity contribution in [3.05, 3.63) is 0 Å². The van der Waals surface area contributed by atoms with E-state index in [1.165, 1.54) is 4.31 Å². The van der Waals surface area contributed by atoms with E-state index in [1.54, 1.807) is 0 Å². The molecule has 0 aliphatic heterocycles. The molecule has 0 aromatic heterocycles. The quantitative estimate of drug-likeness (QED) is 0.637. The molecule has 0 aromatic carbocycles. The number of carbonyl (C=O) groups is 1. The molecule has 0 rings (SSSR count). The van der Waals surface area contributed by atoms with Crippen molar-refractivity contribution >= 4 is 27.5 Å². The Balaban J connectivity index is 4.47. The molecule has 0 unspecified atom stereocenters. The van der Waals surface area contributed by atoms with Crippen LogP contribution in [0.25, 0.3) is 0 Å². The zero-order chi connectivity index (χ0) is 13.3. The average molecular weight is 285 g/mol. The predicted octanol–water partition coefficient (Wildman–Crippen LogP) is 0.793. The lowest BCUT2D eigenvalue weighted by Gasteiger charge is -2.20. The van der Waals surface area contributed by atoms with Crippen LogP contribution in [-0.4, -0.2) is 49.9 Å². The molecular formula is C10H21ClN2O3S.